The molecule has 0 saturated heterocycles. The van der Waals surface area contributed by atoms with Gasteiger partial charge in [0.25, 0.3) is 5.56 Å². The molecule has 1 aliphatic carbocycles. The largest absolute Gasteiger partial charge is 0.493 e. The van der Waals surface area contributed by atoms with E-state index in [4.69, 9.17) is 14.2 Å². The van der Waals surface area contributed by atoms with Gasteiger partial charge in [-0.3, -0.25) is 9.59 Å². The molecule has 1 aliphatic rings. The molecule has 2 aromatic heterocycles. The van der Waals surface area contributed by atoms with Gasteiger partial charge in [-0.05, 0) is 25.7 Å². The number of hydrogen-bond acceptors (Lipinski definition) is 6. The van der Waals surface area contributed by atoms with Crippen molar-refractivity contribution < 1.29 is 19.0 Å². The van der Waals surface area contributed by atoms with E-state index in [0.29, 0.717) is 28.5 Å². The molecule has 0 fully saturated rings. The molecule has 0 unspecified atom stereocenters. The summed E-state index contributed by atoms with van der Waals surface area (Å²) >= 11 is 0. The van der Waals surface area contributed by atoms with E-state index in [0.717, 1.165) is 36.9 Å². The lowest BCUT2D eigenvalue weighted by molar-refractivity contribution is -0.116. The normalized spacial score (nSPS) is 13.0. The van der Waals surface area contributed by atoms with E-state index < -0.39 is 0 Å². The minimum absolute atomic E-state index is 0.112. The number of anilines is 1. The molecular formula is C22H26N4O5. The number of amides is 1. The van der Waals surface area contributed by atoms with E-state index in [1.54, 1.807) is 33.6 Å². The average Bonchev–Trinajstić information content (AvgIpc) is 3.17. The maximum absolute atomic E-state index is 13.0. The van der Waals surface area contributed by atoms with Crippen LogP contribution >= 0.6 is 0 Å². The van der Waals surface area contributed by atoms with Crippen LogP contribution in [0, 0.1) is 0 Å². The highest BCUT2D eigenvalue weighted by molar-refractivity contribution is 5.91. The first kappa shape index (κ1) is 20.8. The number of ether oxygens (including phenoxy) is 3. The molecule has 1 aromatic carbocycles. The number of nitrogens with zero attached hydrogens (tertiary/aromatic N) is 3. The summed E-state index contributed by atoms with van der Waals surface area (Å²) in [4.78, 5) is 25.5. The summed E-state index contributed by atoms with van der Waals surface area (Å²) in [6.07, 6.45) is 7.56. The Morgan fingerprint density at radius 3 is 2.45 bits per heavy atom. The summed E-state index contributed by atoms with van der Waals surface area (Å²) in [7, 11) is 4.55. The standard InChI is InChI=1S/C22H26N4O5/c1-29-17-12-14(13-18(30-2)21(17)31-3)23-19(27)8-9-25-10-11-26-20(22(25)28)15-6-4-5-7-16(15)24-26/h10-13H,4-9H2,1-3H3,(H,23,27). The highest BCUT2D eigenvalue weighted by Gasteiger charge is 2.20. The second-order valence-electron chi connectivity index (χ2n) is 7.43. The SMILES string of the molecule is COc1cc(NC(=O)CCn2ccn3nc4c(c3c2=O)CCCC4)cc(OC)c1OC. The fourth-order valence-electron chi connectivity index (χ4n) is 4.03. The predicted molar refractivity (Wildman–Crippen MR) is 115 cm³/mol. The van der Waals surface area contributed by atoms with Gasteiger partial charge >= 0.3 is 0 Å². The van der Waals surface area contributed by atoms with Gasteiger partial charge in [-0.1, -0.05) is 0 Å². The summed E-state index contributed by atoms with van der Waals surface area (Å²) in [5, 5.41) is 7.37. The van der Waals surface area contributed by atoms with Crippen molar-refractivity contribution in [1.29, 1.82) is 0 Å². The molecule has 0 aliphatic heterocycles. The highest BCUT2D eigenvalue weighted by atomic mass is 16.5. The van der Waals surface area contributed by atoms with Crippen LogP contribution in [-0.2, 0) is 24.2 Å². The summed E-state index contributed by atoms with van der Waals surface area (Å²) in [6, 6.07) is 3.33. The molecule has 0 bridgehead atoms. The van der Waals surface area contributed by atoms with Crippen LogP contribution in [0.1, 0.15) is 30.5 Å². The van der Waals surface area contributed by atoms with E-state index in [1.165, 1.54) is 21.3 Å². The number of aromatic nitrogens is 3. The Hall–Kier alpha value is -3.49. The van der Waals surface area contributed by atoms with Gasteiger partial charge in [0.05, 0.1) is 27.0 Å². The number of rotatable bonds is 7. The van der Waals surface area contributed by atoms with Gasteiger partial charge in [0.2, 0.25) is 11.7 Å². The number of carbonyl (C=O) groups is 1. The van der Waals surface area contributed by atoms with Crippen LogP contribution in [0.4, 0.5) is 5.69 Å². The summed E-state index contributed by atoms with van der Waals surface area (Å²) in [6.45, 7) is 0.269. The molecule has 0 radical (unpaired) electrons. The van der Waals surface area contributed by atoms with Crippen molar-refractivity contribution in [3.05, 3.63) is 46.1 Å². The number of hydrogen-bond donors (Lipinski definition) is 1. The number of benzene rings is 1. The second-order valence-corrected chi connectivity index (χ2v) is 7.43. The fourth-order valence-corrected chi connectivity index (χ4v) is 4.03. The van der Waals surface area contributed by atoms with Gasteiger partial charge in [0.15, 0.2) is 11.5 Å². The maximum atomic E-state index is 13.0. The van der Waals surface area contributed by atoms with Crippen LogP contribution in [0.15, 0.2) is 29.3 Å². The first-order valence-corrected chi connectivity index (χ1v) is 10.2. The maximum Gasteiger partial charge on any atom is 0.276 e. The summed E-state index contributed by atoms with van der Waals surface area (Å²) in [5.41, 5.74) is 3.10. The van der Waals surface area contributed by atoms with Crippen molar-refractivity contribution in [3.63, 3.8) is 0 Å². The Labute approximate surface area is 179 Å². The lowest BCUT2D eigenvalue weighted by Crippen LogP contribution is -2.24. The Bertz CT molecular complexity index is 1160. The first-order valence-electron chi connectivity index (χ1n) is 10.2. The van der Waals surface area contributed by atoms with E-state index >= 15 is 0 Å². The molecule has 31 heavy (non-hydrogen) atoms. The topological polar surface area (TPSA) is 96.1 Å². The third-order valence-electron chi connectivity index (χ3n) is 5.56. The monoisotopic (exact) mass is 426 g/mol. The van der Waals surface area contributed by atoms with Gasteiger partial charge in [-0.15, -0.1) is 0 Å². The van der Waals surface area contributed by atoms with Crippen molar-refractivity contribution in [1.82, 2.24) is 14.2 Å². The quantitative estimate of drug-likeness (QED) is 0.623. The summed E-state index contributed by atoms with van der Waals surface area (Å²) in [5.74, 6) is 1.12. The highest BCUT2D eigenvalue weighted by Crippen LogP contribution is 2.39. The molecule has 2 heterocycles. The zero-order valence-corrected chi connectivity index (χ0v) is 17.9. The van der Waals surface area contributed by atoms with Crippen LogP contribution in [0.5, 0.6) is 17.2 Å². The molecule has 0 spiro atoms. The molecular weight excluding hydrogens is 400 g/mol. The van der Waals surface area contributed by atoms with Crippen molar-refractivity contribution in [2.75, 3.05) is 26.6 Å². The van der Waals surface area contributed by atoms with Crippen LogP contribution in [-0.4, -0.2) is 41.4 Å². The molecule has 4 rings (SSSR count). The number of carbonyl (C=O) groups excluding carboxylic acids is 1. The average molecular weight is 426 g/mol. The molecule has 9 nitrogen and oxygen atoms in total. The van der Waals surface area contributed by atoms with E-state index in [2.05, 4.69) is 10.4 Å². The molecule has 3 aromatic rings. The van der Waals surface area contributed by atoms with E-state index in [-0.39, 0.29) is 24.4 Å². The number of fused-ring (bicyclic) bond motifs is 3. The smallest absolute Gasteiger partial charge is 0.276 e. The Balaban J connectivity index is 1.50. The van der Waals surface area contributed by atoms with Crippen molar-refractivity contribution in [2.45, 2.75) is 38.6 Å². The lowest BCUT2D eigenvalue weighted by atomic mass is 9.97. The molecule has 9 heteroatoms. The molecule has 1 amide bonds. The van der Waals surface area contributed by atoms with Gasteiger partial charge in [-0.2, -0.15) is 5.10 Å². The fraction of sp³-hybridized carbons (Fsp3) is 0.409. The van der Waals surface area contributed by atoms with Crippen molar-refractivity contribution in [3.8, 4) is 17.2 Å². The molecule has 164 valence electrons. The Morgan fingerprint density at radius 1 is 1.06 bits per heavy atom. The number of nitrogens with one attached hydrogen (secondary N) is 1. The van der Waals surface area contributed by atoms with Crippen LogP contribution < -0.4 is 25.1 Å². The zero-order valence-electron chi connectivity index (χ0n) is 17.9. The predicted octanol–water partition coefficient (Wildman–Crippen LogP) is 2.43. The van der Waals surface area contributed by atoms with Gasteiger partial charge in [0.1, 0.15) is 5.52 Å². The number of aryl methyl sites for hydroxylation is 3. The Morgan fingerprint density at radius 2 is 1.77 bits per heavy atom. The number of methoxy groups -OCH3 is 3. The molecule has 0 atom stereocenters. The molecule has 0 saturated carbocycles. The third-order valence-corrected chi connectivity index (χ3v) is 5.56. The van der Waals surface area contributed by atoms with Crippen LogP contribution in [0.25, 0.3) is 5.52 Å². The first-order chi connectivity index (χ1) is 15.0. The van der Waals surface area contributed by atoms with Gasteiger partial charge < -0.3 is 24.1 Å². The van der Waals surface area contributed by atoms with Crippen LogP contribution in [0.3, 0.4) is 0 Å². The lowest BCUT2D eigenvalue weighted by Gasteiger charge is -2.14. The third kappa shape index (κ3) is 3.95. The Kier molecular flexibility index (Phi) is 5.83. The van der Waals surface area contributed by atoms with E-state index in [9.17, 15) is 9.59 Å². The van der Waals surface area contributed by atoms with Gasteiger partial charge in [0, 0.05) is 48.7 Å². The summed E-state index contributed by atoms with van der Waals surface area (Å²) < 4.78 is 19.2. The zero-order chi connectivity index (χ0) is 22.0. The minimum atomic E-state index is -0.225. The van der Waals surface area contributed by atoms with Crippen LogP contribution in [0.2, 0.25) is 0 Å². The van der Waals surface area contributed by atoms with Crippen molar-refractivity contribution >= 4 is 17.1 Å². The van der Waals surface area contributed by atoms with Crippen molar-refractivity contribution in [2.24, 2.45) is 0 Å². The van der Waals surface area contributed by atoms with Gasteiger partial charge in [-0.25, -0.2) is 4.52 Å². The van der Waals surface area contributed by atoms with E-state index in [1.807, 2.05) is 0 Å². The minimum Gasteiger partial charge on any atom is -0.493 e. The second kappa shape index (κ2) is 8.71. The molecule has 1 N–H and O–H groups in total.